The van der Waals surface area contributed by atoms with Gasteiger partial charge in [0.05, 0.1) is 11.8 Å². The molecule has 2 aliphatic rings. The molecule has 0 spiro atoms. The zero-order valence-electron chi connectivity index (χ0n) is 12.8. The zero-order valence-corrected chi connectivity index (χ0v) is 12.8. The molecule has 118 valence electrons. The van der Waals surface area contributed by atoms with Crippen molar-refractivity contribution in [1.29, 1.82) is 0 Å². The van der Waals surface area contributed by atoms with Crippen LogP contribution in [0.15, 0.2) is 10.6 Å². The van der Waals surface area contributed by atoms with Gasteiger partial charge in [0.15, 0.2) is 5.76 Å². The van der Waals surface area contributed by atoms with E-state index in [-0.39, 0.29) is 6.10 Å². The summed E-state index contributed by atoms with van der Waals surface area (Å²) in [7, 11) is 1.65. The Kier molecular flexibility index (Phi) is 4.93. The molecule has 2 fully saturated rings. The summed E-state index contributed by atoms with van der Waals surface area (Å²) >= 11 is 0. The van der Waals surface area contributed by atoms with Crippen molar-refractivity contribution in [2.75, 3.05) is 26.7 Å². The van der Waals surface area contributed by atoms with Crippen molar-refractivity contribution in [2.24, 2.45) is 5.92 Å². The Morgan fingerprint density at radius 2 is 2.14 bits per heavy atom. The number of aromatic nitrogens is 1. The molecule has 5 nitrogen and oxygen atoms in total. The second-order valence-electron chi connectivity index (χ2n) is 6.53. The van der Waals surface area contributed by atoms with Crippen LogP contribution in [0.3, 0.4) is 0 Å². The quantitative estimate of drug-likeness (QED) is 0.871. The average Bonchev–Trinajstić information content (AvgIpc) is 2.91. The van der Waals surface area contributed by atoms with Crippen LogP contribution < -0.4 is 0 Å². The first-order valence-electron chi connectivity index (χ1n) is 8.11. The van der Waals surface area contributed by atoms with E-state index in [0.29, 0.717) is 18.4 Å². The predicted octanol–water partition coefficient (Wildman–Crippen LogP) is 2.16. The summed E-state index contributed by atoms with van der Waals surface area (Å²) in [6, 6.07) is 1.99. The molecule has 1 aromatic rings. The fraction of sp³-hybridized carbons (Fsp3) is 0.812. The van der Waals surface area contributed by atoms with Gasteiger partial charge in [-0.15, -0.1) is 0 Å². The van der Waals surface area contributed by atoms with E-state index >= 15 is 0 Å². The molecule has 0 aromatic carbocycles. The van der Waals surface area contributed by atoms with Gasteiger partial charge in [-0.2, -0.15) is 0 Å². The van der Waals surface area contributed by atoms with Crippen LogP contribution in [0.25, 0.3) is 0 Å². The number of ether oxygens (including phenoxy) is 1. The molecule has 0 amide bonds. The van der Waals surface area contributed by atoms with Crippen LogP contribution in [0.4, 0.5) is 0 Å². The Hall–Kier alpha value is -0.910. The predicted molar refractivity (Wildman–Crippen MR) is 79.0 cm³/mol. The maximum absolute atomic E-state index is 10.3. The van der Waals surface area contributed by atoms with E-state index in [0.717, 1.165) is 31.1 Å². The number of methoxy groups -OCH3 is 1. The molecule has 1 aliphatic heterocycles. The van der Waals surface area contributed by atoms with Gasteiger partial charge in [0.1, 0.15) is 6.61 Å². The van der Waals surface area contributed by atoms with Gasteiger partial charge in [0.2, 0.25) is 0 Å². The standard InChI is InChI=1S/C16H26N2O3/c1-20-11-14-7-15(17-21-14)13-8-18(9-13)10-16(19)12-5-3-2-4-6-12/h7,12-13,16,19H,2-6,8-11H2,1H3. The highest BCUT2D eigenvalue weighted by molar-refractivity contribution is 5.14. The molecular weight excluding hydrogens is 268 g/mol. The van der Waals surface area contributed by atoms with Crippen LogP contribution in [0.1, 0.15) is 49.5 Å². The SMILES string of the molecule is COCc1cc(C2CN(CC(O)C3CCCCC3)C2)no1. The first-order chi connectivity index (χ1) is 10.3. The van der Waals surface area contributed by atoms with Gasteiger partial charge < -0.3 is 14.4 Å². The summed E-state index contributed by atoms with van der Waals surface area (Å²) in [5.74, 6) is 1.74. The minimum atomic E-state index is -0.160. The number of aliphatic hydroxyl groups is 1. The van der Waals surface area contributed by atoms with E-state index in [1.54, 1.807) is 7.11 Å². The van der Waals surface area contributed by atoms with Gasteiger partial charge in [-0.05, 0) is 18.8 Å². The number of aliphatic hydroxyl groups excluding tert-OH is 1. The van der Waals surface area contributed by atoms with Crippen molar-refractivity contribution in [3.8, 4) is 0 Å². The van der Waals surface area contributed by atoms with Gasteiger partial charge in [-0.1, -0.05) is 24.4 Å². The lowest BCUT2D eigenvalue weighted by atomic mass is 9.84. The number of rotatable bonds is 6. The van der Waals surface area contributed by atoms with Crippen molar-refractivity contribution < 1.29 is 14.4 Å². The fourth-order valence-electron chi connectivity index (χ4n) is 3.57. The fourth-order valence-corrected chi connectivity index (χ4v) is 3.57. The van der Waals surface area contributed by atoms with E-state index in [1.165, 1.54) is 32.1 Å². The van der Waals surface area contributed by atoms with Crippen molar-refractivity contribution in [3.05, 3.63) is 17.5 Å². The summed E-state index contributed by atoms with van der Waals surface area (Å²) in [6.07, 6.45) is 6.14. The third-order valence-electron chi connectivity index (χ3n) is 4.88. The van der Waals surface area contributed by atoms with E-state index in [2.05, 4.69) is 10.1 Å². The van der Waals surface area contributed by atoms with E-state index in [1.807, 2.05) is 6.07 Å². The minimum absolute atomic E-state index is 0.160. The van der Waals surface area contributed by atoms with Gasteiger partial charge >= 0.3 is 0 Å². The number of nitrogens with zero attached hydrogens (tertiary/aromatic N) is 2. The highest BCUT2D eigenvalue weighted by Crippen LogP contribution is 2.30. The highest BCUT2D eigenvalue weighted by atomic mass is 16.5. The van der Waals surface area contributed by atoms with Gasteiger partial charge in [-0.3, -0.25) is 4.90 Å². The molecule has 1 saturated carbocycles. The van der Waals surface area contributed by atoms with Crippen LogP contribution in [0.5, 0.6) is 0 Å². The Labute approximate surface area is 126 Å². The Balaban J connectivity index is 1.42. The van der Waals surface area contributed by atoms with Crippen LogP contribution in [-0.4, -0.2) is 48.0 Å². The summed E-state index contributed by atoms with van der Waals surface area (Å²) < 4.78 is 10.3. The molecular formula is C16H26N2O3. The van der Waals surface area contributed by atoms with Crippen molar-refractivity contribution in [2.45, 2.75) is 50.7 Å². The van der Waals surface area contributed by atoms with Crippen LogP contribution in [-0.2, 0) is 11.3 Å². The number of hydrogen-bond acceptors (Lipinski definition) is 5. The molecule has 1 N–H and O–H groups in total. The smallest absolute Gasteiger partial charge is 0.162 e. The monoisotopic (exact) mass is 294 g/mol. The van der Waals surface area contributed by atoms with Crippen LogP contribution in [0, 0.1) is 5.92 Å². The molecule has 2 heterocycles. The topological polar surface area (TPSA) is 58.7 Å². The number of β-amino-alcohol motifs (C(OH)–C–C–N with tert-alkyl or cyclic N) is 1. The Morgan fingerprint density at radius 1 is 1.38 bits per heavy atom. The molecule has 1 aliphatic carbocycles. The Morgan fingerprint density at radius 3 is 2.86 bits per heavy atom. The molecule has 1 atom stereocenters. The minimum Gasteiger partial charge on any atom is -0.392 e. The second kappa shape index (κ2) is 6.90. The molecule has 1 saturated heterocycles. The normalized spacial score (nSPS) is 23.1. The lowest BCUT2D eigenvalue weighted by molar-refractivity contribution is 0.0194. The number of hydrogen-bond donors (Lipinski definition) is 1. The molecule has 0 bridgehead atoms. The lowest BCUT2D eigenvalue weighted by Crippen LogP contribution is -2.49. The highest BCUT2D eigenvalue weighted by Gasteiger charge is 2.33. The summed E-state index contributed by atoms with van der Waals surface area (Å²) in [6.45, 7) is 3.24. The lowest BCUT2D eigenvalue weighted by Gasteiger charge is -2.40. The largest absolute Gasteiger partial charge is 0.392 e. The van der Waals surface area contributed by atoms with Crippen LogP contribution in [0.2, 0.25) is 0 Å². The summed E-state index contributed by atoms with van der Waals surface area (Å²) in [5, 5.41) is 14.5. The zero-order chi connectivity index (χ0) is 14.7. The van der Waals surface area contributed by atoms with Crippen LogP contribution >= 0.6 is 0 Å². The average molecular weight is 294 g/mol. The van der Waals surface area contributed by atoms with Gasteiger partial charge in [0.25, 0.3) is 0 Å². The molecule has 21 heavy (non-hydrogen) atoms. The molecule has 0 radical (unpaired) electrons. The van der Waals surface area contributed by atoms with Gasteiger partial charge in [0, 0.05) is 38.7 Å². The van der Waals surface area contributed by atoms with Crippen molar-refractivity contribution in [3.63, 3.8) is 0 Å². The van der Waals surface area contributed by atoms with Crippen molar-refractivity contribution >= 4 is 0 Å². The maximum Gasteiger partial charge on any atom is 0.162 e. The van der Waals surface area contributed by atoms with E-state index in [9.17, 15) is 5.11 Å². The summed E-state index contributed by atoms with van der Waals surface area (Å²) in [5.41, 5.74) is 1.02. The molecule has 3 rings (SSSR count). The van der Waals surface area contributed by atoms with E-state index in [4.69, 9.17) is 9.26 Å². The van der Waals surface area contributed by atoms with Gasteiger partial charge in [-0.25, -0.2) is 0 Å². The first-order valence-corrected chi connectivity index (χ1v) is 8.11. The van der Waals surface area contributed by atoms with Crippen molar-refractivity contribution in [1.82, 2.24) is 10.1 Å². The van der Waals surface area contributed by atoms with E-state index < -0.39 is 0 Å². The second-order valence-corrected chi connectivity index (χ2v) is 6.53. The Bertz CT molecular complexity index is 436. The number of likely N-dealkylation sites (tertiary alicyclic amines) is 1. The molecule has 1 unspecified atom stereocenters. The maximum atomic E-state index is 10.3. The summed E-state index contributed by atoms with van der Waals surface area (Å²) in [4.78, 5) is 2.33. The molecule has 1 aromatic heterocycles. The third kappa shape index (κ3) is 3.65. The first kappa shape index (κ1) is 15.0. The third-order valence-corrected chi connectivity index (χ3v) is 4.88. The molecule has 5 heteroatoms.